The highest BCUT2D eigenvalue weighted by molar-refractivity contribution is 6.28. The van der Waals surface area contributed by atoms with Crippen LogP contribution >= 0.6 is 11.6 Å². The number of nitrogens with one attached hydrogen (secondary N) is 1. The van der Waals surface area contributed by atoms with Gasteiger partial charge < -0.3 is 10.1 Å². The molecule has 0 bridgehead atoms. The monoisotopic (exact) mass is 278 g/mol. The molecule has 2 aromatic rings. The van der Waals surface area contributed by atoms with Crippen molar-refractivity contribution in [2.45, 2.75) is 6.42 Å². The Kier molecular flexibility index (Phi) is 5.06. The lowest BCUT2D eigenvalue weighted by atomic mass is 10.2. The van der Waals surface area contributed by atoms with Crippen molar-refractivity contribution in [3.8, 4) is 11.4 Å². The Labute approximate surface area is 117 Å². The standard InChI is InChI=1S/C13H15ClN4O/c1-19-9-5-8-15-13-17-11(16-12(14)18-13)10-6-3-2-4-7-10/h2-4,6-7H,5,8-9H2,1H3,(H,15,16,17,18). The number of nitrogens with zero attached hydrogens (tertiary/aromatic N) is 3. The Bertz CT molecular complexity index is 521. The van der Waals surface area contributed by atoms with E-state index in [1.54, 1.807) is 7.11 Å². The Morgan fingerprint density at radius 1 is 1.16 bits per heavy atom. The van der Waals surface area contributed by atoms with Crippen LogP contribution in [0.3, 0.4) is 0 Å². The first-order chi connectivity index (χ1) is 9.29. The fourth-order valence-electron chi connectivity index (χ4n) is 1.56. The summed E-state index contributed by atoms with van der Waals surface area (Å²) in [5.74, 6) is 1.05. The lowest BCUT2D eigenvalue weighted by molar-refractivity contribution is 0.197. The molecule has 1 heterocycles. The van der Waals surface area contributed by atoms with Crippen LogP contribution in [0.1, 0.15) is 6.42 Å². The second-order valence-corrected chi connectivity index (χ2v) is 4.23. The Balaban J connectivity index is 2.11. The summed E-state index contributed by atoms with van der Waals surface area (Å²) < 4.78 is 4.98. The van der Waals surface area contributed by atoms with Gasteiger partial charge in [0.25, 0.3) is 0 Å². The summed E-state index contributed by atoms with van der Waals surface area (Å²) in [7, 11) is 1.67. The molecular weight excluding hydrogens is 264 g/mol. The van der Waals surface area contributed by atoms with Gasteiger partial charge in [0.2, 0.25) is 11.2 Å². The first kappa shape index (κ1) is 13.7. The third-order valence-corrected chi connectivity index (χ3v) is 2.62. The first-order valence-corrected chi connectivity index (χ1v) is 6.37. The highest BCUT2D eigenvalue weighted by atomic mass is 35.5. The summed E-state index contributed by atoms with van der Waals surface area (Å²) in [5, 5.41) is 3.29. The summed E-state index contributed by atoms with van der Waals surface area (Å²) in [6, 6.07) is 9.66. The van der Waals surface area contributed by atoms with Crippen molar-refractivity contribution in [3.05, 3.63) is 35.6 Å². The van der Waals surface area contributed by atoms with Crippen LogP contribution in [0.15, 0.2) is 30.3 Å². The Morgan fingerprint density at radius 2 is 1.95 bits per heavy atom. The van der Waals surface area contributed by atoms with Gasteiger partial charge in [-0.2, -0.15) is 15.0 Å². The van der Waals surface area contributed by atoms with Crippen molar-refractivity contribution in [2.75, 3.05) is 25.6 Å². The maximum absolute atomic E-state index is 5.91. The van der Waals surface area contributed by atoms with Crippen LogP contribution < -0.4 is 5.32 Å². The normalized spacial score (nSPS) is 10.4. The van der Waals surface area contributed by atoms with Crippen LogP contribution in [-0.2, 0) is 4.74 Å². The number of aromatic nitrogens is 3. The third-order valence-electron chi connectivity index (χ3n) is 2.45. The maximum atomic E-state index is 5.91. The van der Waals surface area contributed by atoms with Gasteiger partial charge in [0.1, 0.15) is 0 Å². The molecule has 0 amide bonds. The fraction of sp³-hybridized carbons (Fsp3) is 0.308. The molecule has 6 heteroatoms. The molecule has 1 aromatic heterocycles. The molecule has 0 aliphatic rings. The fourth-order valence-corrected chi connectivity index (χ4v) is 1.72. The molecule has 0 unspecified atom stereocenters. The topological polar surface area (TPSA) is 59.9 Å². The molecule has 0 saturated heterocycles. The number of benzene rings is 1. The summed E-state index contributed by atoms with van der Waals surface area (Å²) >= 11 is 5.91. The van der Waals surface area contributed by atoms with Gasteiger partial charge in [-0.15, -0.1) is 0 Å². The van der Waals surface area contributed by atoms with Gasteiger partial charge in [-0.1, -0.05) is 30.3 Å². The summed E-state index contributed by atoms with van der Waals surface area (Å²) in [4.78, 5) is 12.5. The van der Waals surface area contributed by atoms with Crippen LogP contribution in [0.5, 0.6) is 0 Å². The van der Waals surface area contributed by atoms with E-state index in [1.807, 2.05) is 30.3 Å². The van der Waals surface area contributed by atoms with E-state index in [0.717, 1.165) is 18.5 Å². The average molecular weight is 279 g/mol. The minimum atomic E-state index is 0.183. The van der Waals surface area contributed by atoms with Gasteiger partial charge in [0.15, 0.2) is 5.82 Å². The summed E-state index contributed by atoms with van der Waals surface area (Å²) in [5.41, 5.74) is 0.909. The van der Waals surface area contributed by atoms with E-state index in [0.29, 0.717) is 18.4 Å². The largest absolute Gasteiger partial charge is 0.385 e. The number of anilines is 1. The minimum Gasteiger partial charge on any atom is -0.385 e. The number of methoxy groups -OCH3 is 1. The number of ether oxygens (including phenoxy) is 1. The molecule has 0 fully saturated rings. The molecule has 5 nitrogen and oxygen atoms in total. The molecule has 0 radical (unpaired) electrons. The van der Waals surface area contributed by atoms with Gasteiger partial charge in [-0.05, 0) is 18.0 Å². The molecule has 0 spiro atoms. The molecule has 0 aliphatic carbocycles. The summed E-state index contributed by atoms with van der Waals surface area (Å²) in [6.45, 7) is 1.42. The van der Waals surface area contributed by atoms with Gasteiger partial charge in [0, 0.05) is 25.8 Å². The predicted octanol–water partition coefficient (Wildman–Crippen LogP) is 2.64. The molecule has 2 rings (SSSR count). The number of hydrogen-bond acceptors (Lipinski definition) is 5. The molecule has 19 heavy (non-hydrogen) atoms. The zero-order valence-corrected chi connectivity index (χ0v) is 11.4. The predicted molar refractivity (Wildman–Crippen MR) is 75.3 cm³/mol. The van der Waals surface area contributed by atoms with E-state index in [2.05, 4.69) is 20.3 Å². The number of hydrogen-bond donors (Lipinski definition) is 1. The van der Waals surface area contributed by atoms with Gasteiger partial charge >= 0.3 is 0 Å². The average Bonchev–Trinajstić information content (AvgIpc) is 2.44. The van der Waals surface area contributed by atoms with E-state index < -0.39 is 0 Å². The third kappa shape index (κ3) is 4.15. The van der Waals surface area contributed by atoms with E-state index >= 15 is 0 Å². The molecule has 0 atom stereocenters. The maximum Gasteiger partial charge on any atom is 0.227 e. The van der Waals surface area contributed by atoms with E-state index in [9.17, 15) is 0 Å². The lowest BCUT2D eigenvalue weighted by Crippen LogP contribution is -2.09. The highest BCUT2D eigenvalue weighted by Gasteiger charge is 2.06. The van der Waals surface area contributed by atoms with E-state index in [1.165, 1.54) is 0 Å². The minimum absolute atomic E-state index is 0.183. The van der Waals surface area contributed by atoms with Crippen molar-refractivity contribution in [1.82, 2.24) is 15.0 Å². The van der Waals surface area contributed by atoms with Crippen LogP contribution in [0.25, 0.3) is 11.4 Å². The van der Waals surface area contributed by atoms with Crippen molar-refractivity contribution in [3.63, 3.8) is 0 Å². The Morgan fingerprint density at radius 3 is 2.68 bits per heavy atom. The molecule has 100 valence electrons. The van der Waals surface area contributed by atoms with Crippen molar-refractivity contribution >= 4 is 17.5 Å². The second kappa shape index (κ2) is 7.01. The molecular formula is C13H15ClN4O. The van der Waals surface area contributed by atoms with Crippen molar-refractivity contribution < 1.29 is 4.74 Å². The van der Waals surface area contributed by atoms with Gasteiger partial charge in [-0.3, -0.25) is 0 Å². The Hall–Kier alpha value is -1.72. The number of halogens is 1. The van der Waals surface area contributed by atoms with E-state index in [4.69, 9.17) is 16.3 Å². The van der Waals surface area contributed by atoms with Crippen LogP contribution in [0.2, 0.25) is 5.28 Å². The second-order valence-electron chi connectivity index (χ2n) is 3.89. The SMILES string of the molecule is COCCCNc1nc(Cl)nc(-c2ccccc2)n1. The zero-order valence-electron chi connectivity index (χ0n) is 10.6. The highest BCUT2D eigenvalue weighted by Crippen LogP contribution is 2.17. The van der Waals surface area contributed by atoms with Gasteiger partial charge in [-0.25, -0.2) is 0 Å². The first-order valence-electron chi connectivity index (χ1n) is 5.99. The van der Waals surface area contributed by atoms with Crippen molar-refractivity contribution in [1.29, 1.82) is 0 Å². The van der Waals surface area contributed by atoms with Crippen LogP contribution in [0.4, 0.5) is 5.95 Å². The summed E-state index contributed by atoms with van der Waals surface area (Å²) in [6.07, 6.45) is 0.875. The molecule has 1 N–H and O–H groups in total. The quantitative estimate of drug-likeness (QED) is 0.823. The van der Waals surface area contributed by atoms with E-state index in [-0.39, 0.29) is 5.28 Å². The zero-order chi connectivity index (χ0) is 13.5. The molecule has 0 aliphatic heterocycles. The lowest BCUT2D eigenvalue weighted by Gasteiger charge is -2.06. The smallest absolute Gasteiger partial charge is 0.227 e. The molecule has 0 saturated carbocycles. The number of rotatable bonds is 6. The van der Waals surface area contributed by atoms with Crippen LogP contribution in [-0.4, -0.2) is 35.2 Å². The van der Waals surface area contributed by atoms with Gasteiger partial charge in [0.05, 0.1) is 0 Å². The van der Waals surface area contributed by atoms with Crippen LogP contribution in [0, 0.1) is 0 Å². The van der Waals surface area contributed by atoms with Crippen molar-refractivity contribution in [2.24, 2.45) is 0 Å². The molecule has 1 aromatic carbocycles.